The van der Waals surface area contributed by atoms with Crippen LogP contribution in [0.1, 0.15) is 97.3 Å². The molecule has 174 valence electrons. The summed E-state index contributed by atoms with van der Waals surface area (Å²) in [6.07, 6.45) is 17.3. The average molecular weight is 434 g/mol. The zero-order valence-electron chi connectivity index (χ0n) is 20.5. The molecule has 0 amide bonds. The molecule has 1 unspecified atom stereocenters. The van der Waals surface area contributed by atoms with Crippen LogP contribution in [-0.2, 0) is 11.3 Å². The van der Waals surface area contributed by atoms with E-state index in [1.807, 2.05) is 0 Å². The third kappa shape index (κ3) is 6.95. The van der Waals surface area contributed by atoms with Crippen molar-refractivity contribution in [3.8, 4) is 0 Å². The molecule has 1 heterocycles. The number of fused-ring (bicyclic) bond motifs is 3. The zero-order valence-corrected chi connectivity index (χ0v) is 20.5. The molecule has 3 aromatic rings. The van der Waals surface area contributed by atoms with E-state index in [1.165, 1.54) is 98.9 Å². The maximum atomic E-state index is 12.5. The lowest BCUT2D eigenvalue weighted by atomic mass is 9.96. The van der Waals surface area contributed by atoms with Crippen molar-refractivity contribution < 1.29 is 4.79 Å². The number of rotatable bonds is 16. The lowest BCUT2D eigenvalue weighted by molar-refractivity contribution is -0.121. The number of hydrogen-bond donors (Lipinski definition) is 0. The molecule has 0 fully saturated rings. The number of carbonyl (C=O) groups excluding carboxylic acids is 1. The Morgan fingerprint density at radius 3 is 1.59 bits per heavy atom. The fraction of sp³-hybridized carbons (Fsp3) is 0.567. The van der Waals surface area contributed by atoms with Crippen molar-refractivity contribution >= 4 is 27.6 Å². The second-order valence-corrected chi connectivity index (χ2v) is 9.63. The molecule has 2 heteroatoms. The molecule has 3 rings (SSSR count). The second kappa shape index (κ2) is 13.5. The summed E-state index contributed by atoms with van der Waals surface area (Å²) in [6, 6.07) is 17.2. The van der Waals surface area contributed by atoms with Gasteiger partial charge in [-0.3, -0.25) is 4.79 Å². The number of benzene rings is 2. The van der Waals surface area contributed by atoms with Crippen molar-refractivity contribution in [1.82, 2.24) is 4.57 Å². The van der Waals surface area contributed by atoms with Gasteiger partial charge < -0.3 is 4.57 Å². The molecule has 0 aliphatic rings. The van der Waals surface area contributed by atoms with Crippen LogP contribution >= 0.6 is 0 Å². The highest BCUT2D eigenvalue weighted by atomic mass is 16.1. The first-order valence-corrected chi connectivity index (χ1v) is 13.2. The molecule has 32 heavy (non-hydrogen) atoms. The third-order valence-corrected chi connectivity index (χ3v) is 7.06. The van der Waals surface area contributed by atoms with E-state index in [1.54, 1.807) is 6.92 Å². The Morgan fingerprint density at radius 2 is 1.12 bits per heavy atom. The Morgan fingerprint density at radius 1 is 0.688 bits per heavy atom. The van der Waals surface area contributed by atoms with Crippen LogP contribution in [0.2, 0.25) is 0 Å². The number of ketones is 1. The van der Waals surface area contributed by atoms with Crippen LogP contribution in [0.5, 0.6) is 0 Å². The van der Waals surface area contributed by atoms with Crippen LogP contribution in [0, 0.1) is 5.92 Å². The fourth-order valence-electron chi connectivity index (χ4n) is 5.08. The number of nitrogens with zero attached hydrogens (tertiary/aromatic N) is 1. The molecular weight excluding hydrogens is 390 g/mol. The van der Waals surface area contributed by atoms with Gasteiger partial charge in [0, 0.05) is 34.3 Å². The van der Waals surface area contributed by atoms with E-state index in [9.17, 15) is 4.79 Å². The molecular formula is C30H43NO. The van der Waals surface area contributed by atoms with Gasteiger partial charge in [-0.25, -0.2) is 0 Å². The van der Waals surface area contributed by atoms with Crippen LogP contribution in [0.25, 0.3) is 21.8 Å². The maximum Gasteiger partial charge on any atom is 0.134 e. The molecule has 0 saturated carbocycles. The molecule has 2 aromatic carbocycles. The van der Waals surface area contributed by atoms with Gasteiger partial charge in [0.05, 0.1) is 0 Å². The van der Waals surface area contributed by atoms with Crippen LogP contribution in [0.15, 0.2) is 48.5 Å². The molecule has 0 N–H and O–H groups in total. The molecule has 0 aliphatic heterocycles. The Bertz CT molecular complexity index is 901. The molecule has 2 nitrogen and oxygen atoms in total. The van der Waals surface area contributed by atoms with E-state index in [2.05, 4.69) is 60.0 Å². The molecule has 1 aromatic heterocycles. The highest BCUT2D eigenvalue weighted by Gasteiger charge is 2.18. The lowest BCUT2D eigenvalue weighted by Crippen LogP contribution is -2.18. The Hall–Kier alpha value is -2.09. The van der Waals surface area contributed by atoms with E-state index in [-0.39, 0.29) is 5.92 Å². The van der Waals surface area contributed by atoms with Gasteiger partial charge in [-0.1, -0.05) is 120 Å². The normalized spacial score (nSPS) is 12.6. The summed E-state index contributed by atoms with van der Waals surface area (Å²) in [4.78, 5) is 12.5. The number of hydrogen-bond acceptors (Lipinski definition) is 1. The highest BCUT2D eigenvalue weighted by Crippen LogP contribution is 2.30. The summed E-state index contributed by atoms with van der Waals surface area (Å²) in [5.74, 6) is 0.437. The van der Waals surface area contributed by atoms with Gasteiger partial charge in [0.2, 0.25) is 0 Å². The van der Waals surface area contributed by atoms with E-state index in [0.717, 1.165) is 13.0 Å². The van der Waals surface area contributed by atoms with E-state index in [0.29, 0.717) is 5.78 Å². The number of para-hydroxylation sites is 2. The van der Waals surface area contributed by atoms with Crippen molar-refractivity contribution in [1.29, 1.82) is 0 Å². The quantitative estimate of drug-likeness (QED) is 0.206. The van der Waals surface area contributed by atoms with Gasteiger partial charge in [0.15, 0.2) is 0 Å². The van der Waals surface area contributed by atoms with Crippen molar-refractivity contribution in [3.05, 3.63) is 48.5 Å². The standard InChI is InChI=1S/C30H43NO/c1-3-4-5-6-7-8-9-10-11-12-13-14-19-26(25(2)32)24-31-29-22-17-15-20-27(29)28-21-16-18-23-30(28)31/h15-18,20-23,26H,3-14,19,24H2,1-2H3. The first kappa shape index (κ1) is 24.6. The van der Waals surface area contributed by atoms with E-state index >= 15 is 0 Å². The molecule has 0 bridgehead atoms. The number of Topliss-reactive ketones (excluding diaryl/α,β-unsaturated/α-hetero) is 1. The predicted molar refractivity (Wildman–Crippen MR) is 139 cm³/mol. The van der Waals surface area contributed by atoms with Crippen molar-refractivity contribution in [2.24, 2.45) is 5.92 Å². The second-order valence-electron chi connectivity index (χ2n) is 9.63. The summed E-state index contributed by atoms with van der Waals surface area (Å²) in [5, 5.41) is 2.58. The van der Waals surface area contributed by atoms with Gasteiger partial charge in [0.25, 0.3) is 0 Å². The van der Waals surface area contributed by atoms with Gasteiger partial charge in [-0.2, -0.15) is 0 Å². The predicted octanol–water partition coefficient (Wildman–Crippen LogP) is 9.09. The minimum Gasteiger partial charge on any atom is -0.340 e. The van der Waals surface area contributed by atoms with Crippen molar-refractivity contribution in [2.45, 2.75) is 104 Å². The van der Waals surface area contributed by atoms with E-state index < -0.39 is 0 Å². The maximum absolute atomic E-state index is 12.5. The number of carbonyl (C=O) groups is 1. The molecule has 1 atom stereocenters. The molecule has 0 radical (unpaired) electrons. The van der Waals surface area contributed by atoms with Gasteiger partial charge >= 0.3 is 0 Å². The van der Waals surface area contributed by atoms with E-state index in [4.69, 9.17) is 0 Å². The number of aromatic nitrogens is 1. The third-order valence-electron chi connectivity index (χ3n) is 7.06. The van der Waals surface area contributed by atoms with Crippen LogP contribution < -0.4 is 0 Å². The summed E-state index contributed by atoms with van der Waals surface area (Å²) < 4.78 is 2.37. The minimum absolute atomic E-state index is 0.109. The van der Waals surface area contributed by atoms with Gasteiger partial charge in [-0.15, -0.1) is 0 Å². The average Bonchev–Trinajstić information content (AvgIpc) is 3.12. The minimum atomic E-state index is 0.109. The van der Waals surface area contributed by atoms with Crippen LogP contribution in [0.4, 0.5) is 0 Å². The Balaban J connectivity index is 1.43. The first-order valence-electron chi connectivity index (χ1n) is 13.2. The van der Waals surface area contributed by atoms with Crippen LogP contribution in [-0.4, -0.2) is 10.4 Å². The molecule has 0 spiro atoms. The summed E-state index contributed by atoms with van der Waals surface area (Å²) in [7, 11) is 0. The van der Waals surface area contributed by atoms with Crippen molar-refractivity contribution in [2.75, 3.05) is 0 Å². The summed E-state index contributed by atoms with van der Waals surface area (Å²) in [5.41, 5.74) is 2.49. The molecule has 0 saturated heterocycles. The summed E-state index contributed by atoms with van der Waals surface area (Å²) >= 11 is 0. The topological polar surface area (TPSA) is 22.0 Å². The van der Waals surface area contributed by atoms with Gasteiger partial charge in [-0.05, 0) is 25.5 Å². The monoisotopic (exact) mass is 433 g/mol. The van der Waals surface area contributed by atoms with Crippen molar-refractivity contribution in [3.63, 3.8) is 0 Å². The largest absolute Gasteiger partial charge is 0.340 e. The Kier molecular flexibility index (Phi) is 10.3. The highest BCUT2D eigenvalue weighted by molar-refractivity contribution is 6.08. The van der Waals surface area contributed by atoms with Crippen LogP contribution in [0.3, 0.4) is 0 Å². The SMILES string of the molecule is CCCCCCCCCCCCCCC(Cn1c2ccccc2c2ccccc21)C(C)=O. The zero-order chi connectivity index (χ0) is 22.6. The molecule has 0 aliphatic carbocycles. The lowest BCUT2D eigenvalue weighted by Gasteiger charge is -2.17. The number of unbranched alkanes of at least 4 members (excludes halogenated alkanes) is 11. The summed E-state index contributed by atoms with van der Waals surface area (Å²) in [6.45, 7) is 4.85. The Labute approximate surface area is 195 Å². The smallest absolute Gasteiger partial charge is 0.134 e. The first-order chi connectivity index (χ1) is 15.7. The fourth-order valence-corrected chi connectivity index (χ4v) is 5.08. The van der Waals surface area contributed by atoms with Gasteiger partial charge in [0.1, 0.15) is 5.78 Å².